The van der Waals surface area contributed by atoms with Crippen LogP contribution in [0.2, 0.25) is 0 Å². The van der Waals surface area contributed by atoms with Gasteiger partial charge >= 0.3 is 6.03 Å². The Hall–Kier alpha value is -1.86. The lowest BCUT2D eigenvalue weighted by molar-refractivity contribution is 0.158. The van der Waals surface area contributed by atoms with Gasteiger partial charge in [0.1, 0.15) is 5.75 Å². The lowest BCUT2D eigenvalue weighted by Crippen LogP contribution is -2.55. The predicted molar refractivity (Wildman–Crippen MR) is 94.1 cm³/mol. The fraction of sp³-hybridized carbons (Fsp3) is 0.529. The van der Waals surface area contributed by atoms with Crippen molar-refractivity contribution in [3.8, 4) is 5.75 Å². The Morgan fingerprint density at radius 2 is 2.29 bits per heavy atom. The molecule has 6 nitrogen and oxygen atoms in total. The van der Waals surface area contributed by atoms with Crippen molar-refractivity contribution in [2.24, 2.45) is 0 Å². The van der Waals surface area contributed by atoms with Crippen LogP contribution in [0.25, 0.3) is 10.2 Å². The quantitative estimate of drug-likeness (QED) is 0.862. The van der Waals surface area contributed by atoms with Crippen LogP contribution in [-0.4, -0.2) is 54.2 Å². The second-order valence-electron chi connectivity index (χ2n) is 6.91. The first-order chi connectivity index (χ1) is 11.6. The summed E-state index contributed by atoms with van der Waals surface area (Å²) in [6.45, 7) is 3.91. The van der Waals surface area contributed by atoms with Crippen LogP contribution in [0.3, 0.4) is 0 Å². The number of ether oxygens (including phenoxy) is 1. The summed E-state index contributed by atoms with van der Waals surface area (Å²) < 4.78 is 6.77. The van der Waals surface area contributed by atoms with Crippen LogP contribution in [0.5, 0.6) is 5.75 Å². The van der Waals surface area contributed by atoms with Gasteiger partial charge < -0.3 is 15.0 Å². The highest BCUT2D eigenvalue weighted by molar-refractivity contribution is 7.22. The molecule has 0 aliphatic carbocycles. The van der Waals surface area contributed by atoms with E-state index in [4.69, 9.17) is 9.72 Å². The second kappa shape index (κ2) is 5.07. The zero-order valence-corrected chi connectivity index (χ0v) is 14.6. The number of thiazole rings is 1. The van der Waals surface area contributed by atoms with E-state index in [1.807, 2.05) is 11.0 Å². The van der Waals surface area contributed by atoms with E-state index in [1.165, 1.54) is 5.56 Å². The van der Waals surface area contributed by atoms with Crippen LogP contribution in [0.4, 0.5) is 9.93 Å². The first-order valence-corrected chi connectivity index (χ1v) is 9.30. The number of amides is 2. The van der Waals surface area contributed by atoms with Gasteiger partial charge in [0, 0.05) is 24.6 Å². The normalized spacial score (nSPS) is 29.5. The number of aromatic nitrogens is 1. The Bertz CT molecular complexity index is 835. The standard InChI is InChI=1S/C17H20N4O2S/c1-9-14-11(5-7-20(9)2)21(16(22)18-14)17-19-15-10-6-8-23-12(10)3-4-13(15)24-17/h3-4,9,11,14H,5-8H2,1-2H3,(H,18,22)/t9-,11-,14+/m1/s1. The number of hydrogen-bond acceptors (Lipinski definition) is 5. The first kappa shape index (κ1) is 14.5. The maximum atomic E-state index is 12.6. The molecule has 5 rings (SSSR count). The van der Waals surface area contributed by atoms with Crippen LogP contribution in [0.15, 0.2) is 12.1 Å². The van der Waals surface area contributed by atoms with Crippen molar-refractivity contribution in [3.05, 3.63) is 17.7 Å². The molecule has 4 heterocycles. The molecule has 1 aromatic heterocycles. The van der Waals surface area contributed by atoms with Crippen molar-refractivity contribution in [1.29, 1.82) is 0 Å². The zero-order valence-electron chi connectivity index (χ0n) is 13.8. The number of likely N-dealkylation sites (N-methyl/N-ethyl adjacent to an activating group) is 1. The lowest BCUT2D eigenvalue weighted by atomic mass is 9.94. The molecule has 0 unspecified atom stereocenters. The average Bonchev–Trinajstić information content (AvgIpc) is 3.25. The molecule has 0 saturated carbocycles. The van der Waals surface area contributed by atoms with E-state index in [1.54, 1.807) is 11.3 Å². The summed E-state index contributed by atoms with van der Waals surface area (Å²) in [6.07, 6.45) is 1.87. The highest BCUT2D eigenvalue weighted by Crippen LogP contribution is 2.40. The minimum atomic E-state index is -0.0147. The van der Waals surface area contributed by atoms with Crippen LogP contribution >= 0.6 is 11.3 Å². The number of rotatable bonds is 1. The molecule has 0 spiro atoms. The van der Waals surface area contributed by atoms with Crippen molar-refractivity contribution in [1.82, 2.24) is 15.2 Å². The summed E-state index contributed by atoms with van der Waals surface area (Å²) in [7, 11) is 2.12. The van der Waals surface area contributed by atoms with Crippen LogP contribution in [0, 0.1) is 0 Å². The Balaban J connectivity index is 1.56. The molecule has 3 aliphatic rings. The van der Waals surface area contributed by atoms with Crippen molar-refractivity contribution >= 4 is 32.7 Å². The summed E-state index contributed by atoms with van der Waals surface area (Å²) in [5.41, 5.74) is 2.19. The number of likely N-dealkylation sites (tertiary alicyclic amines) is 1. The van der Waals surface area contributed by atoms with Gasteiger partial charge in [0.2, 0.25) is 0 Å². The summed E-state index contributed by atoms with van der Waals surface area (Å²) in [5.74, 6) is 0.941. The Labute approximate surface area is 144 Å². The van der Waals surface area contributed by atoms with Crippen LogP contribution in [0.1, 0.15) is 18.9 Å². The second-order valence-corrected chi connectivity index (χ2v) is 7.92. The van der Waals surface area contributed by atoms with Crippen molar-refractivity contribution in [2.75, 3.05) is 25.1 Å². The summed E-state index contributed by atoms with van der Waals surface area (Å²) in [5, 5.41) is 3.98. The van der Waals surface area contributed by atoms with Crippen LogP contribution in [-0.2, 0) is 6.42 Å². The zero-order chi connectivity index (χ0) is 16.4. The number of benzene rings is 1. The third-order valence-electron chi connectivity index (χ3n) is 5.67. The number of carbonyl (C=O) groups excluding carboxylic acids is 1. The number of fused-ring (bicyclic) bond motifs is 4. The molecule has 7 heteroatoms. The molecule has 1 N–H and O–H groups in total. The lowest BCUT2D eigenvalue weighted by Gasteiger charge is -2.39. The summed E-state index contributed by atoms with van der Waals surface area (Å²) in [6, 6.07) is 4.76. The van der Waals surface area contributed by atoms with E-state index < -0.39 is 0 Å². The fourth-order valence-corrected chi connectivity index (χ4v) is 5.23. The predicted octanol–water partition coefficient (Wildman–Crippen LogP) is 2.22. The first-order valence-electron chi connectivity index (χ1n) is 8.48. The van der Waals surface area contributed by atoms with Gasteiger partial charge in [-0.15, -0.1) is 0 Å². The van der Waals surface area contributed by atoms with Gasteiger partial charge in [0.25, 0.3) is 0 Å². The molecule has 0 bridgehead atoms. The number of urea groups is 1. The van der Waals surface area contributed by atoms with Crippen molar-refractivity contribution in [2.45, 2.75) is 37.9 Å². The number of nitrogens with zero attached hydrogens (tertiary/aromatic N) is 3. The van der Waals surface area contributed by atoms with E-state index in [0.29, 0.717) is 6.04 Å². The number of anilines is 1. The van der Waals surface area contributed by atoms with E-state index >= 15 is 0 Å². The largest absolute Gasteiger partial charge is 0.493 e. The molecule has 3 atom stereocenters. The van der Waals surface area contributed by atoms with Crippen LogP contribution < -0.4 is 15.0 Å². The molecule has 24 heavy (non-hydrogen) atoms. The molecule has 1 aromatic carbocycles. The van der Waals surface area contributed by atoms with Gasteiger partial charge in [-0.2, -0.15) is 0 Å². The Kier molecular flexibility index (Phi) is 3.06. The molecular formula is C17H20N4O2S. The minimum Gasteiger partial charge on any atom is -0.493 e. The number of hydrogen-bond donors (Lipinski definition) is 1. The number of piperidine rings is 1. The maximum Gasteiger partial charge on any atom is 0.324 e. The van der Waals surface area contributed by atoms with Gasteiger partial charge in [-0.1, -0.05) is 11.3 Å². The van der Waals surface area contributed by atoms with Gasteiger partial charge in [-0.25, -0.2) is 9.78 Å². The minimum absolute atomic E-state index is 0.0147. The van der Waals surface area contributed by atoms with Gasteiger partial charge in [0.05, 0.1) is 28.9 Å². The monoisotopic (exact) mass is 344 g/mol. The Morgan fingerprint density at radius 1 is 1.42 bits per heavy atom. The SMILES string of the molecule is C[C@@H]1[C@@H]2NC(=O)N(c3nc4c5c(ccc4s3)OCC5)[C@@H]2CCN1C. The molecule has 3 aliphatic heterocycles. The smallest absolute Gasteiger partial charge is 0.324 e. The van der Waals surface area contributed by atoms with Crippen molar-refractivity contribution in [3.63, 3.8) is 0 Å². The fourth-order valence-electron chi connectivity index (χ4n) is 4.17. The van der Waals surface area contributed by atoms with Gasteiger partial charge in [-0.05, 0) is 32.5 Å². The highest BCUT2D eigenvalue weighted by Gasteiger charge is 2.47. The molecule has 2 amide bonds. The van der Waals surface area contributed by atoms with Gasteiger partial charge in [-0.3, -0.25) is 4.90 Å². The van der Waals surface area contributed by atoms with E-state index in [9.17, 15) is 4.79 Å². The van der Waals surface area contributed by atoms with E-state index in [0.717, 1.165) is 47.1 Å². The maximum absolute atomic E-state index is 12.6. The third kappa shape index (κ3) is 1.91. The highest BCUT2D eigenvalue weighted by atomic mass is 32.1. The van der Waals surface area contributed by atoms with Crippen molar-refractivity contribution < 1.29 is 9.53 Å². The number of nitrogens with one attached hydrogen (secondary N) is 1. The topological polar surface area (TPSA) is 57.7 Å². The average molecular weight is 344 g/mol. The van der Waals surface area contributed by atoms with E-state index in [2.05, 4.69) is 30.3 Å². The molecule has 2 fully saturated rings. The van der Waals surface area contributed by atoms with E-state index in [-0.39, 0.29) is 18.1 Å². The number of carbonyl (C=O) groups is 1. The third-order valence-corrected chi connectivity index (χ3v) is 6.69. The van der Waals surface area contributed by atoms with Gasteiger partial charge in [0.15, 0.2) is 5.13 Å². The molecule has 0 radical (unpaired) electrons. The summed E-state index contributed by atoms with van der Waals surface area (Å²) in [4.78, 5) is 21.7. The summed E-state index contributed by atoms with van der Waals surface area (Å²) >= 11 is 1.61. The molecule has 2 saturated heterocycles. The molecule has 126 valence electrons. The molecule has 2 aromatic rings. The Morgan fingerprint density at radius 3 is 3.17 bits per heavy atom. The molecular weight excluding hydrogens is 324 g/mol.